The Labute approximate surface area is 234 Å². The topological polar surface area (TPSA) is 58.1 Å². The average Bonchev–Trinajstić information content (AvgIpc) is 3.22. The lowest BCUT2D eigenvalue weighted by Crippen LogP contribution is -2.49. The number of hydrogen-bond acceptors (Lipinski definition) is 4. The molecule has 2 fully saturated rings. The van der Waals surface area contributed by atoms with Gasteiger partial charge in [-0.3, -0.25) is 4.79 Å². The number of nitrogens with one attached hydrogen (secondary N) is 1. The van der Waals surface area contributed by atoms with Crippen LogP contribution in [0.25, 0.3) is 22.0 Å². The molecule has 0 saturated carbocycles. The van der Waals surface area contributed by atoms with Crippen LogP contribution in [0.2, 0.25) is 5.02 Å². The minimum atomic E-state index is 0.0554. The minimum absolute atomic E-state index is 0.0554. The predicted octanol–water partition coefficient (Wildman–Crippen LogP) is 7.39. The van der Waals surface area contributed by atoms with Crippen LogP contribution < -0.4 is 5.32 Å². The number of halogens is 1. The fourth-order valence-electron chi connectivity index (χ4n) is 7.15. The van der Waals surface area contributed by atoms with Gasteiger partial charge in [-0.15, -0.1) is 0 Å². The van der Waals surface area contributed by atoms with E-state index in [0.29, 0.717) is 16.5 Å². The second-order valence-corrected chi connectivity index (χ2v) is 11.8. The summed E-state index contributed by atoms with van der Waals surface area (Å²) in [6.07, 6.45) is 8.75. The number of fused-ring (bicyclic) bond motifs is 4. The van der Waals surface area contributed by atoms with Crippen molar-refractivity contribution < 1.29 is 4.79 Å². The Morgan fingerprint density at radius 2 is 1.74 bits per heavy atom. The van der Waals surface area contributed by atoms with E-state index in [2.05, 4.69) is 53.5 Å². The molecule has 6 heteroatoms. The van der Waals surface area contributed by atoms with E-state index in [0.717, 1.165) is 48.7 Å². The normalized spacial score (nSPS) is 22.1. The maximum Gasteiger partial charge on any atom is 0.255 e. The molecule has 2 bridgehead atoms. The summed E-state index contributed by atoms with van der Waals surface area (Å²) in [5.41, 5.74) is 8.17. The molecule has 1 aromatic heterocycles. The third-order valence-corrected chi connectivity index (χ3v) is 9.33. The number of nitrogens with zero attached hydrogens (tertiary/aromatic N) is 3. The summed E-state index contributed by atoms with van der Waals surface area (Å²) in [7, 11) is 0. The van der Waals surface area contributed by atoms with Gasteiger partial charge >= 0.3 is 0 Å². The van der Waals surface area contributed by atoms with Gasteiger partial charge in [0.05, 0.1) is 21.8 Å². The van der Waals surface area contributed by atoms with Gasteiger partial charge in [-0.2, -0.15) is 0 Å². The van der Waals surface area contributed by atoms with Crippen LogP contribution in [0.4, 0.5) is 5.95 Å². The summed E-state index contributed by atoms with van der Waals surface area (Å²) in [4.78, 5) is 25.2. The maximum atomic E-state index is 13.3. The molecule has 1 N–H and O–H groups in total. The van der Waals surface area contributed by atoms with Crippen LogP contribution >= 0.6 is 11.6 Å². The quantitative estimate of drug-likeness (QED) is 0.295. The highest BCUT2D eigenvalue weighted by Gasteiger charge is 2.44. The molecule has 198 valence electrons. The lowest BCUT2D eigenvalue weighted by Gasteiger charge is -2.39. The number of amides is 1. The zero-order valence-electron chi connectivity index (χ0n) is 22.3. The van der Waals surface area contributed by atoms with Gasteiger partial charge in [0.2, 0.25) is 5.95 Å². The molecule has 3 heterocycles. The van der Waals surface area contributed by atoms with Gasteiger partial charge in [0.15, 0.2) is 0 Å². The van der Waals surface area contributed by atoms with Crippen LogP contribution in [-0.4, -0.2) is 38.9 Å². The molecule has 1 amide bonds. The van der Waals surface area contributed by atoms with E-state index in [1.807, 2.05) is 18.2 Å². The highest BCUT2D eigenvalue weighted by Crippen LogP contribution is 2.39. The van der Waals surface area contributed by atoms with Crippen molar-refractivity contribution in [2.45, 2.75) is 76.4 Å². The Morgan fingerprint density at radius 3 is 2.56 bits per heavy atom. The van der Waals surface area contributed by atoms with Crippen molar-refractivity contribution in [1.29, 1.82) is 0 Å². The van der Waals surface area contributed by atoms with Gasteiger partial charge < -0.3 is 10.2 Å². The van der Waals surface area contributed by atoms with E-state index in [1.165, 1.54) is 41.5 Å². The van der Waals surface area contributed by atoms with Crippen LogP contribution in [0.3, 0.4) is 0 Å². The number of hydrogen-bond donors (Lipinski definition) is 1. The summed E-state index contributed by atoms with van der Waals surface area (Å²) < 4.78 is 0. The monoisotopic (exact) mass is 536 g/mol. The highest BCUT2D eigenvalue weighted by molar-refractivity contribution is 6.33. The van der Waals surface area contributed by atoms with Crippen LogP contribution in [0.15, 0.2) is 60.7 Å². The summed E-state index contributed by atoms with van der Waals surface area (Å²) in [6.45, 7) is 2.08. The number of piperidine rings is 1. The molecule has 3 aromatic carbocycles. The average molecular weight is 537 g/mol. The summed E-state index contributed by atoms with van der Waals surface area (Å²) in [6, 6.07) is 21.4. The molecule has 2 aliphatic heterocycles. The summed E-state index contributed by atoms with van der Waals surface area (Å²) >= 11 is 6.35. The zero-order chi connectivity index (χ0) is 26.5. The van der Waals surface area contributed by atoms with E-state index < -0.39 is 0 Å². The standard InChI is InChI=1S/C33H33ClN4O/c1-20-29-17-22(27-11-6-8-21-7-2-3-9-26(21)27)13-16-31(29)37-33(35-20)36-23-18-24-14-15-25(19-23)38(24)32(39)28-10-4-5-12-30(28)34/h4-6,8,10-13,16-17,23-25H,2-3,7,9,14-15,18-19H2,1H3,(H,35,36,37)/t23?,24-,25+. The van der Waals surface area contributed by atoms with Gasteiger partial charge in [-0.05, 0) is 105 Å². The van der Waals surface area contributed by atoms with Gasteiger partial charge in [0.25, 0.3) is 5.91 Å². The van der Waals surface area contributed by atoms with Gasteiger partial charge in [0, 0.05) is 23.5 Å². The summed E-state index contributed by atoms with van der Waals surface area (Å²) in [5.74, 6) is 0.736. The van der Waals surface area contributed by atoms with E-state index in [4.69, 9.17) is 21.6 Å². The van der Waals surface area contributed by atoms with E-state index in [1.54, 1.807) is 6.07 Å². The molecule has 39 heavy (non-hydrogen) atoms. The third-order valence-electron chi connectivity index (χ3n) is 9.00. The van der Waals surface area contributed by atoms with Gasteiger partial charge in [-0.1, -0.05) is 48.0 Å². The molecule has 2 saturated heterocycles. The fraction of sp³-hybridized carbons (Fsp3) is 0.364. The second kappa shape index (κ2) is 9.95. The molecule has 1 unspecified atom stereocenters. The first-order chi connectivity index (χ1) is 19.0. The first-order valence-corrected chi connectivity index (χ1v) is 14.7. The lowest BCUT2D eigenvalue weighted by molar-refractivity contribution is 0.0583. The molecule has 7 rings (SSSR count). The van der Waals surface area contributed by atoms with E-state index in [-0.39, 0.29) is 24.0 Å². The molecular weight excluding hydrogens is 504 g/mol. The first-order valence-electron chi connectivity index (χ1n) is 14.3. The van der Waals surface area contributed by atoms with Crippen LogP contribution in [-0.2, 0) is 12.8 Å². The van der Waals surface area contributed by atoms with Crippen LogP contribution in [0.1, 0.15) is 65.7 Å². The van der Waals surface area contributed by atoms with Crippen molar-refractivity contribution in [2.24, 2.45) is 0 Å². The largest absolute Gasteiger partial charge is 0.351 e. The minimum Gasteiger partial charge on any atom is -0.351 e. The van der Waals surface area contributed by atoms with Crippen molar-refractivity contribution in [2.75, 3.05) is 5.32 Å². The molecule has 0 spiro atoms. The number of aryl methyl sites for hydroxylation is 2. The Balaban J connectivity index is 1.11. The number of anilines is 1. The van der Waals surface area contributed by atoms with E-state index in [9.17, 15) is 4.79 Å². The van der Waals surface area contributed by atoms with Gasteiger partial charge in [-0.25, -0.2) is 9.97 Å². The molecule has 4 aromatic rings. The maximum absolute atomic E-state index is 13.3. The number of benzene rings is 3. The highest BCUT2D eigenvalue weighted by atomic mass is 35.5. The molecule has 3 aliphatic rings. The summed E-state index contributed by atoms with van der Waals surface area (Å²) in [5, 5.41) is 5.26. The van der Waals surface area contributed by atoms with Crippen LogP contribution in [0, 0.1) is 6.92 Å². The third kappa shape index (κ3) is 4.47. The lowest BCUT2D eigenvalue weighted by atomic mass is 9.86. The zero-order valence-corrected chi connectivity index (χ0v) is 23.0. The Bertz CT molecular complexity index is 1570. The SMILES string of the molecule is Cc1nc(NC2C[C@H]3CC[C@@H](C2)N3C(=O)c2ccccc2Cl)nc2ccc(-c3cccc4c3CCCC4)cc12. The van der Waals surface area contributed by atoms with Crippen LogP contribution in [0.5, 0.6) is 0 Å². The van der Waals surface area contributed by atoms with Crippen molar-refractivity contribution in [1.82, 2.24) is 14.9 Å². The predicted molar refractivity (Wildman–Crippen MR) is 157 cm³/mol. The Hall–Kier alpha value is -3.44. The van der Waals surface area contributed by atoms with Crippen molar-refractivity contribution in [3.63, 3.8) is 0 Å². The van der Waals surface area contributed by atoms with Crippen molar-refractivity contribution >= 4 is 34.4 Å². The fourth-order valence-corrected chi connectivity index (χ4v) is 7.36. The molecular formula is C33H33ClN4O. The Kier molecular flexibility index (Phi) is 6.27. The van der Waals surface area contributed by atoms with Crippen molar-refractivity contribution in [3.8, 4) is 11.1 Å². The molecule has 3 atom stereocenters. The van der Waals surface area contributed by atoms with Crippen molar-refractivity contribution in [3.05, 3.63) is 88.1 Å². The number of rotatable bonds is 4. The first kappa shape index (κ1) is 24.6. The molecule has 0 radical (unpaired) electrons. The van der Waals surface area contributed by atoms with E-state index >= 15 is 0 Å². The smallest absolute Gasteiger partial charge is 0.255 e. The number of carbonyl (C=O) groups is 1. The number of carbonyl (C=O) groups excluding carboxylic acids is 1. The molecule has 5 nitrogen and oxygen atoms in total. The Morgan fingerprint density at radius 1 is 0.949 bits per heavy atom. The number of aromatic nitrogens is 2. The second-order valence-electron chi connectivity index (χ2n) is 11.4. The molecule has 1 aliphatic carbocycles. The van der Waals surface area contributed by atoms with Gasteiger partial charge in [0.1, 0.15) is 0 Å².